The highest BCUT2D eigenvalue weighted by Gasteiger charge is 2.48. The molecule has 13 heteroatoms. The van der Waals surface area contributed by atoms with Gasteiger partial charge in [0.1, 0.15) is 11.9 Å². The summed E-state index contributed by atoms with van der Waals surface area (Å²) in [6, 6.07) is 1.76. The number of esters is 1. The van der Waals surface area contributed by atoms with E-state index in [2.05, 4.69) is 31.2 Å². The number of carbonyl (C=O) groups is 2. The molecule has 0 spiro atoms. The highest BCUT2D eigenvalue weighted by atomic mass is 79.9. The molecule has 2 aliphatic rings. The van der Waals surface area contributed by atoms with Crippen molar-refractivity contribution in [3.05, 3.63) is 61.9 Å². The number of halogens is 4. The van der Waals surface area contributed by atoms with Crippen LogP contribution >= 0.6 is 27.3 Å². The average molecular weight is 572 g/mol. The van der Waals surface area contributed by atoms with Crippen LogP contribution in [0, 0.1) is 5.82 Å². The van der Waals surface area contributed by atoms with Crippen LogP contribution in [0.3, 0.4) is 0 Å². The van der Waals surface area contributed by atoms with Crippen LogP contribution in [0.2, 0.25) is 0 Å². The molecule has 3 heterocycles. The molecule has 0 radical (unpaired) electrons. The Kier molecular flexibility index (Phi) is 7.29. The van der Waals surface area contributed by atoms with Crippen molar-refractivity contribution in [3.63, 3.8) is 0 Å². The molecule has 186 valence electrons. The van der Waals surface area contributed by atoms with Crippen LogP contribution < -0.4 is 11.1 Å². The quantitative estimate of drug-likeness (QED) is 0.494. The number of nitrogens with one attached hydrogen (secondary N) is 1. The van der Waals surface area contributed by atoms with Crippen LogP contribution in [0.15, 0.2) is 50.5 Å². The van der Waals surface area contributed by atoms with Crippen molar-refractivity contribution in [2.75, 3.05) is 19.7 Å². The van der Waals surface area contributed by atoms with Gasteiger partial charge >= 0.3 is 5.97 Å². The fourth-order valence-electron chi connectivity index (χ4n) is 4.10. The summed E-state index contributed by atoms with van der Waals surface area (Å²) >= 11 is 4.61. The summed E-state index contributed by atoms with van der Waals surface area (Å²) in [6.45, 7) is 0.751. The fraction of sp³-hybridized carbons (Fsp3) is 0.364. The summed E-state index contributed by atoms with van der Waals surface area (Å²) in [5, 5.41) is 5.26. The van der Waals surface area contributed by atoms with Gasteiger partial charge in [0.15, 0.2) is 10.8 Å². The van der Waals surface area contributed by atoms with Gasteiger partial charge in [0.25, 0.3) is 5.92 Å². The van der Waals surface area contributed by atoms with Crippen molar-refractivity contribution < 1.29 is 27.5 Å². The lowest BCUT2D eigenvalue weighted by molar-refractivity contribution is -0.139. The summed E-state index contributed by atoms with van der Waals surface area (Å²) in [5.41, 5.74) is 6.13. The van der Waals surface area contributed by atoms with Crippen molar-refractivity contribution in [3.8, 4) is 0 Å². The van der Waals surface area contributed by atoms with Crippen molar-refractivity contribution in [1.82, 2.24) is 15.2 Å². The number of likely N-dealkylation sites (tertiary alicyclic amines) is 1. The van der Waals surface area contributed by atoms with E-state index in [1.165, 1.54) is 34.4 Å². The number of aromatic nitrogens is 1. The normalized spacial score (nSPS) is 22.0. The summed E-state index contributed by atoms with van der Waals surface area (Å²) in [4.78, 5) is 35.2. The summed E-state index contributed by atoms with van der Waals surface area (Å²) in [5.74, 6) is -4.93. The molecule has 0 aliphatic carbocycles. The van der Waals surface area contributed by atoms with Crippen LogP contribution in [0.4, 0.5) is 13.2 Å². The van der Waals surface area contributed by atoms with Gasteiger partial charge in [-0.2, -0.15) is 0 Å². The molecule has 1 amide bonds. The number of nitrogens with zero attached hydrogens (tertiary/aromatic N) is 3. The Labute approximate surface area is 211 Å². The van der Waals surface area contributed by atoms with Crippen molar-refractivity contribution >= 4 is 45.0 Å². The van der Waals surface area contributed by atoms with Crippen molar-refractivity contribution in [2.24, 2.45) is 10.7 Å². The molecule has 8 nitrogen and oxygen atoms in total. The first-order valence-electron chi connectivity index (χ1n) is 10.6. The number of amidine groups is 1. The molecule has 2 aliphatic heterocycles. The molecule has 0 saturated carbocycles. The molecule has 2 atom stereocenters. The molecule has 35 heavy (non-hydrogen) atoms. The SMILES string of the molecule is CCOC(=O)C1=C(CN2CC(F)(F)C[C@H]2C(N)=O)NC(c2nccs2)=NC1c1ccc(F)cc1Br. The Hall–Kier alpha value is -2.77. The number of amides is 1. The van der Waals surface area contributed by atoms with Gasteiger partial charge in [-0.05, 0) is 24.6 Å². The van der Waals surface area contributed by atoms with Gasteiger partial charge < -0.3 is 15.8 Å². The Morgan fingerprint density at radius 1 is 1.40 bits per heavy atom. The lowest BCUT2D eigenvalue weighted by Crippen LogP contribution is -2.45. The third-order valence-electron chi connectivity index (χ3n) is 5.57. The van der Waals surface area contributed by atoms with E-state index in [0.29, 0.717) is 20.9 Å². The molecule has 1 fully saturated rings. The van der Waals surface area contributed by atoms with Gasteiger partial charge in [0, 0.05) is 34.7 Å². The van der Waals surface area contributed by atoms with Gasteiger partial charge in [0.05, 0.1) is 24.8 Å². The number of aliphatic imine (C=N–C) groups is 1. The minimum atomic E-state index is -3.12. The van der Waals surface area contributed by atoms with Crippen LogP contribution in [-0.2, 0) is 14.3 Å². The number of alkyl halides is 2. The number of thiazole rings is 1. The Morgan fingerprint density at radius 2 is 2.17 bits per heavy atom. The number of benzene rings is 1. The zero-order chi connectivity index (χ0) is 25.3. The molecular formula is C22H21BrF3N5O3S. The first kappa shape index (κ1) is 25.3. The maximum Gasteiger partial charge on any atom is 0.338 e. The van der Waals surface area contributed by atoms with Crippen molar-refractivity contribution in [1.29, 1.82) is 0 Å². The second-order valence-electron chi connectivity index (χ2n) is 8.00. The Morgan fingerprint density at radius 3 is 2.80 bits per heavy atom. The topological polar surface area (TPSA) is 110 Å². The predicted octanol–water partition coefficient (Wildman–Crippen LogP) is 3.15. The minimum Gasteiger partial charge on any atom is -0.463 e. The van der Waals surface area contributed by atoms with Crippen LogP contribution in [0.25, 0.3) is 0 Å². The van der Waals surface area contributed by atoms with Crippen LogP contribution in [-0.4, -0.2) is 59.3 Å². The second-order valence-corrected chi connectivity index (χ2v) is 9.75. The lowest BCUT2D eigenvalue weighted by Gasteiger charge is -2.30. The van der Waals surface area contributed by atoms with Crippen molar-refractivity contribution in [2.45, 2.75) is 31.4 Å². The summed E-state index contributed by atoms with van der Waals surface area (Å²) < 4.78 is 47.9. The van der Waals surface area contributed by atoms with Gasteiger partial charge in [-0.3, -0.25) is 14.7 Å². The molecule has 1 saturated heterocycles. The first-order valence-corrected chi connectivity index (χ1v) is 12.3. The van der Waals surface area contributed by atoms with Crippen LogP contribution in [0.5, 0.6) is 0 Å². The first-order chi connectivity index (χ1) is 16.6. The van der Waals surface area contributed by atoms with Crippen LogP contribution in [0.1, 0.15) is 30.0 Å². The molecule has 0 bridgehead atoms. The smallest absolute Gasteiger partial charge is 0.338 e. The molecular weight excluding hydrogens is 551 g/mol. The maximum atomic E-state index is 14.2. The van der Waals surface area contributed by atoms with E-state index in [4.69, 9.17) is 10.5 Å². The van der Waals surface area contributed by atoms with Gasteiger partial charge in [-0.15, -0.1) is 11.3 Å². The van der Waals surface area contributed by atoms with E-state index in [1.54, 1.807) is 18.5 Å². The van der Waals surface area contributed by atoms with E-state index in [0.717, 1.165) is 0 Å². The van der Waals surface area contributed by atoms with Gasteiger partial charge in [0.2, 0.25) is 5.91 Å². The van der Waals surface area contributed by atoms with E-state index in [-0.39, 0.29) is 24.4 Å². The maximum absolute atomic E-state index is 14.2. The zero-order valence-electron chi connectivity index (χ0n) is 18.4. The number of nitrogens with two attached hydrogens (primary N) is 1. The number of carbonyl (C=O) groups excluding carboxylic acids is 2. The largest absolute Gasteiger partial charge is 0.463 e. The van der Waals surface area contributed by atoms with E-state index in [1.807, 2.05) is 0 Å². The number of hydrogen-bond acceptors (Lipinski definition) is 8. The van der Waals surface area contributed by atoms with E-state index in [9.17, 15) is 22.8 Å². The van der Waals surface area contributed by atoms with E-state index >= 15 is 0 Å². The van der Waals surface area contributed by atoms with E-state index < -0.39 is 48.7 Å². The monoisotopic (exact) mass is 571 g/mol. The minimum absolute atomic E-state index is 0.0536. The molecule has 1 aromatic heterocycles. The lowest BCUT2D eigenvalue weighted by atomic mass is 9.95. The summed E-state index contributed by atoms with van der Waals surface area (Å²) in [6.07, 6.45) is 0.853. The molecule has 3 N–H and O–H groups in total. The number of primary amides is 1. The Balaban J connectivity index is 1.84. The summed E-state index contributed by atoms with van der Waals surface area (Å²) in [7, 11) is 0. The number of rotatable bonds is 7. The second kappa shape index (κ2) is 10.1. The molecule has 1 unspecified atom stereocenters. The molecule has 4 rings (SSSR count). The average Bonchev–Trinajstić information content (AvgIpc) is 3.41. The third kappa shape index (κ3) is 5.41. The van der Waals surface area contributed by atoms with Gasteiger partial charge in [-0.1, -0.05) is 22.0 Å². The molecule has 2 aromatic rings. The fourth-order valence-corrected chi connectivity index (χ4v) is 5.26. The molecule has 1 aromatic carbocycles. The third-order valence-corrected chi connectivity index (χ3v) is 7.04. The number of ether oxygens (including phenoxy) is 1. The zero-order valence-corrected chi connectivity index (χ0v) is 20.8. The van der Waals surface area contributed by atoms with Gasteiger partial charge in [-0.25, -0.2) is 22.9 Å². The standard InChI is InChI=1S/C22H21BrF3N5O3S/c1-2-34-21(33)16-14(9-31-10-22(25,26)8-15(31)18(27)32)29-19(20-28-5-6-35-20)30-17(16)12-4-3-11(24)7-13(12)23/h3-7,15,17H,2,8-10H2,1H3,(H2,27,32)(H,29,30)/t15-,17?/m0/s1. The highest BCUT2D eigenvalue weighted by molar-refractivity contribution is 9.10. The Bertz CT molecular complexity index is 1200. The highest BCUT2D eigenvalue weighted by Crippen LogP contribution is 2.38. The number of hydrogen-bond donors (Lipinski definition) is 2. The predicted molar refractivity (Wildman–Crippen MR) is 126 cm³/mol.